The van der Waals surface area contributed by atoms with E-state index < -0.39 is 0 Å². The minimum Gasteiger partial charge on any atom is -0.328 e. The Kier molecular flexibility index (Phi) is 6.37. The van der Waals surface area contributed by atoms with E-state index in [1.54, 1.807) is 0 Å². The quantitative estimate of drug-likeness (QED) is 0.754. The fourth-order valence-electron chi connectivity index (χ4n) is 2.75. The van der Waals surface area contributed by atoms with E-state index >= 15 is 0 Å². The monoisotopic (exact) mass is 226 g/mol. The zero-order valence-electron chi connectivity index (χ0n) is 11.4. The van der Waals surface area contributed by atoms with Crippen molar-refractivity contribution in [2.75, 3.05) is 13.6 Å². The van der Waals surface area contributed by atoms with Gasteiger partial charge in [-0.2, -0.15) is 0 Å². The van der Waals surface area contributed by atoms with Crippen molar-refractivity contribution in [1.82, 2.24) is 4.90 Å². The molecule has 2 nitrogen and oxygen atoms in total. The van der Waals surface area contributed by atoms with Crippen molar-refractivity contribution < 1.29 is 0 Å². The maximum atomic E-state index is 6.06. The Labute approximate surface area is 102 Å². The Hall–Kier alpha value is -0.0800. The van der Waals surface area contributed by atoms with Gasteiger partial charge < -0.3 is 10.6 Å². The summed E-state index contributed by atoms with van der Waals surface area (Å²) in [7, 11) is 2.28. The molecule has 0 aromatic carbocycles. The van der Waals surface area contributed by atoms with Crippen LogP contribution >= 0.6 is 0 Å². The van der Waals surface area contributed by atoms with E-state index in [-0.39, 0.29) is 0 Å². The van der Waals surface area contributed by atoms with Gasteiger partial charge in [0.2, 0.25) is 0 Å². The maximum Gasteiger partial charge on any atom is 0.00924 e. The van der Waals surface area contributed by atoms with Crippen LogP contribution in [0, 0.1) is 5.92 Å². The molecule has 0 saturated heterocycles. The van der Waals surface area contributed by atoms with Gasteiger partial charge in [-0.1, -0.05) is 20.3 Å². The number of nitrogens with zero attached hydrogens (tertiary/aromatic N) is 1. The minimum atomic E-state index is 0.412. The summed E-state index contributed by atoms with van der Waals surface area (Å²) in [5.74, 6) is 0.951. The van der Waals surface area contributed by atoms with Gasteiger partial charge in [0.05, 0.1) is 0 Å². The van der Waals surface area contributed by atoms with Crippen LogP contribution in [0.3, 0.4) is 0 Å². The molecule has 0 radical (unpaired) electrons. The molecular formula is C14H30N2. The predicted molar refractivity (Wildman–Crippen MR) is 71.6 cm³/mol. The SMILES string of the molecule is CCCC(N)CCN(C)C1CCC(C)CC1. The first-order valence-corrected chi connectivity index (χ1v) is 7.09. The van der Waals surface area contributed by atoms with Crippen molar-refractivity contribution in [3.05, 3.63) is 0 Å². The van der Waals surface area contributed by atoms with Gasteiger partial charge in [0.15, 0.2) is 0 Å². The third kappa shape index (κ3) is 4.84. The molecule has 16 heavy (non-hydrogen) atoms. The fourth-order valence-corrected chi connectivity index (χ4v) is 2.75. The standard InChI is InChI=1S/C14H30N2/c1-4-5-13(15)10-11-16(3)14-8-6-12(2)7-9-14/h12-14H,4-11,15H2,1-3H3. The normalized spacial score (nSPS) is 28.3. The lowest BCUT2D eigenvalue weighted by molar-refractivity contribution is 0.165. The second kappa shape index (κ2) is 7.29. The van der Waals surface area contributed by atoms with Crippen molar-refractivity contribution in [2.45, 2.75) is 70.9 Å². The van der Waals surface area contributed by atoms with Crippen LogP contribution in [0.2, 0.25) is 0 Å². The summed E-state index contributed by atoms with van der Waals surface area (Å²) >= 11 is 0. The highest BCUT2D eigenvalue weighted by Crippen LogP contribution is 2.26. The summed E-state index contributed by atoms with van der Waals surface area (Å²) in [5.41, 5.74) is 6.06. The maximum absolute atomic E-state index is 6.06. The van der Waals surface area contributed by atoms with E-state index in [9.17, 15) is 0 Å². The molecule has 96 valence electrons. The molecule has 1 atom stereocenters. The molecule has 0 aromatic heterocycles. The predicted octanol–water partition coefficient (Wildman–Crippen LogP) is 3.01. The van der Waals surface area contributed by atoms with E-state index in [1.807, 2.05) is 0 Å². The van der Waals surface area contributed by atoms with Gasteiger partial charge in [-0.25, -0.2) is 0 Å². The van der Waals surface area contributed by atoms with Gasteiger partial charge in [-0.05, 0) is 58.0 Å². The first-order valence-electron chi connectivity index (χ1n) is 7.09. The molecule has 1 rings (SSSR count). The lowest BCUT2D eigenvalue weighted by Crippen LogP contribution is -2.37. The zero-order chi connectivity index (χ0) is 12.0. The van der Waals surface area contributed by atoms with Gasteiger partial charge in [-0.15, -0.1) is 0 Å². The highest BCUT2D eigenvalue weighted by Gasteiger charge is 2.21. The third-order valence-electron chi connectivity index (χ3n) is 4.12. The first kappa shape index (κ1) is 14.0. The van der Waals surface area contributed by atoms with E-state index in [1.165, 1.54) is 45.1 Å². The average molecular weight is 226 g/mol. The Morgan fingerprint density at radius 1 is 1.19 bits per heavy atom. The minimum absolute atomic E-state index is 0.412. The van der Waals surface area contributed by atoms with E-state index in [2.05, 4.69) is 25.8 Å². The average Bonchev–Trinajstić information content (AvgIpc) is 2.27. The summed E-state index contributed by atoms with van der Waals surface area (Å²) in [6.07, 6.45) is 9.16. The molecule has 1 fully saturated rings. The second-order valence-corrected chi connectivity index (χ2v) is 5.73. The largest absolute Gasteiger partial charge is 0.328 e. The topological polar surface area (TPSA) is 29.3 Å². The molecule has 1 saturated carbocycles. The second-order valence-electron chi connectivity index (χ2n) is 5.73. The van der Waals surface area contributed by atoms with Crippen molar-refractivity contribution in [3.8, 4) is 0 Å². The van der Waals surface area contributed by atoms with E-state index in [4.69, 9.17) is 5.73 Å². The van der Waals surface area contributed by atoms with Crippen LogP contribution in [0.15, 0.2) is 0 Å². The Bertz CT molecular complexity index is 174. The van der Waals surface area contributed by atoms with Crippen LogP contribution in [0.25, 0.3) is 0 Å². The molecule has 0 spiro atoms. The summed E-state index contributed by atoms with van der Waals surface area (Å²) in [4.78, 5) is 2.54. The molecule has 1 aliphatic rings. The molecule has 0 aromatic rings. The summed E-state index contributed by atoms with van der Waals surface area (Å²) in [6.45, 7) is 5.78. The van der Waals surface area contributed by atoms with Gasteiger partial charge in [-0.3, -0.25) is 0 Å². The van der Waals surface area contributed by atoms with Gasteiger partial charge in [0, 0.05) is 12.1 Å². The fraction of sp³-hybridized carbons (Fsp3) is 1.00. The van der Waals surface area contributed by atoms with Crippen LogP contribution in [-0.4, -0.2) is 30.6 Å². The van der Waals surface area contributed by atoms with E-state index in [0.29, 0.717) is 6.04 Å². The van der Waals surface area contributed by atoms with Crippen molar-refractivity contribution in [3.63, 3.8) is 0 Å². The Morgan fingerprint density at radius 3 is 2.38 bits per heavy atom. The van der Waals surface area contributed by atoms with Crippen molar-refractivity contribution >= 4 is 0 Å². The molecule has 0 aliphatic heterocycles. The molecule has 2 N–H and O–H groups in total. The third-order valence-corrected chi connectivity index (χ3v) is 4.12. The molecular weight excluding hydrogens is 196 g/mol. The lowest BCUT2D eigenvalue weighted by Gasteiger charge is -2.34. The van der Waals surface area contributed by atoms with E-state index in [0.717, 1.165) is 18.4 Å². The Morgan fingerprint density at radius 2 is 1.81 bits per heavy atom. The molecule has 0 bridgehead atoms. The molecule has 0 amide bonds. The molecule has 1 unspecified atom stereocenters. The summed E-state index contributed by atoms with van der Waals surface area (Å²) in [5, 5.41) is 0. The molecule has 0 heterocycles. The highest BCUT2D eigenvalue weighted by atomic mass is 15.1. The number of hydrogen-bond acceptors (Lipinski definition) is 2. The van der Waals surface area contributed by atoms with Crippen molar-refractivity contribution in [1.29, 1.82) is 0 Å². The Balaban J connectivity index is 2.16. The van der Waals surface area contributed by atoms with Crippen LogP contribution in [0.1, 0.15) is 58.8 Å². The van der Waals surface area contributed by atoms with Crippen LogP contribution in [0.5, 0.6) is 0 Å². The van der Waals surface area contributed by atoms with Gasteiger partial charge in [0.25, 0.3) is 0 Å². The highest BCUT2D eigenvalue weighted by molar-refractivity contribution is 4.77. The van der Waals surface area contributed by atoms with Gasteiger partial charge >= 0.3 is 0 Å². The number of rotatable bonds is 6. The van der Waals surface area contributed by atoms with Crippen LogP contribution in [-0.2, 0) is 0 Å². The molecule has 2 heteroatoms. The first-order chi connectivity index (χ1) is 7.63. The van der Waals surface area contributed by atoms with Crippen LogP contribution < -0.4 is 5.73 Å². The molecule has 1 aliphatic carbocycles. The van der Waals surface area contributed by atoms with Gasteiger partial charge in [0.1, 0.15) is 0 Å². The number of nitrogens with two attached hydrogens (primary N) is 1. The lowest BCUT2D eigenvalue weighted by atomic mass is 9.86. The summed E-state index contributed by atoms with van der Waals surface area (Å²) in [6, 6.07) is 1.24. The summed E-state index contributed by atoms with van der Waals surface area (Å²) < 4.78 is 0. The van der Waals surface area contributed by atoms with Crippen molar-refractivity contribution in [2.24, 2.45) is 11.7 Å². The number of hydrogen-bond donors (Lipinski definition) is 1. The zero-order valence-corrected chi connectivity index (χ0v) is 11.4. The smallest absolute Gasteiger partial charge is 0.00924 e. The van der Waals surface area contributed by atoms with Crippen LogP contribution in [0.4, 0.5) is 0 Å².